The van der Waals surface area contributed by atoms with Crippen LogP contribution in [0.15, 0.2) is 41.5 Å². The van der Waals surface area contributed by atoms with Gasteiger partial charge in [-0.05, 0) is 37.3 Å². The van der Waals surface area contributed by atoms with E-state index in [0.717, 1.165) is 25.3 Å². The van der Waals surface area contributed by atoms with Crippen LogP contribution in [0.1, 0.15) is 33.3 Å². The summed E-state index contributed by atoms with van der Waals surface area (Å²) in [6.07, 6.45) is 1.12. The van der Waals surface area contributed by atoms with Crippen molar-refractivity contribution in [2.75, 3.05) is 11.9 Å². The van der Waals surface area contributed by atoms with Crippen LogP contribution in [-0.2, 0) is 10.3 Å². The summed E-state index contributed by atoms with van der Waals surface area (Å²) < 4.78 is 47.9. The van der Waals surface area contributed by atoms with Crippen molar-refractivity contribution in [3.63, 3.8) is 0 Å². The Morgan fingerprint density at radius 3 is 2.59 bits per heavy atom. The fourth-order valence-electron chi connectivity index (χ4n) is 2.74. The Balaban J connectivity index is 1.92. The number of aromatic nitrogens is 1. The van der Waals surface area contributed by atoms with E-state index in [0.29, 0.717) is 0 Å². The molecule has 3 rings (SSSR count). The summed E-state index contributed by atoms with van der Waals surface area (Å²) in [5.74, 6) is -5.91. The van der Waals surface area contributed by atoms with Crippen LogP contribution in [0.5, 0.6) is 0 Å². The van der Waals surface area contributed by atoms with E-state index in [9.17, 15) is 22.8 Å². The zero-order chi connectivity index (χ0) is 21.4. The minimum atomic E-state index is -3.55. The van der Waals surface area contributed by atoms with Gasteiger partial charge in [0.25, 0.3) is 11.9 Å². The molecular formula is C18H16F3N5O3. The molecule has 0 bridgehead atoms. The van der Waals surface area contributed by atoms with E-state index in [4.69, 9.17) is 11.5 Å². The van der Waals surface area contributed by atoms with E-state index in [-0.39, 0.29) is 16.9 Å². The number of primary amides is 1. The molecular weight excluding hydrogens is 391 g/mol. The van der Waals surface area contributed by atoms with Crippen molar-refractivity contribution >= 4 is 23.5 Å². The zero-order valence-corrected chi connectivity index (χ0v) is 15.1. The highest BCUT2D eigenvalue weighted by atomic mass is 19.3. The van der Waals surface area contributed by atoms with Crippen molar-refractivity contribution in [3.05, 3.63) is 59.2 Å². The van der Waals surface area contributed by atoms with E-state index in [2.05, 4.69) is 20.0 Å². The van der Waals surface area contributed by atoms with Crippen LogP contribution in [0, 0.1) is 5.82 Å². The highest BCUT2D eigenvalue weighted by molar-refractivity contribution is 6.03. The third-order valence-electron chi connectivity index (χ3n) is 4.48. The molecule has 0 radical (unpaired) electrons. The monoisotopic (exact) mass is 407 g/mol. The van der Waals surface area contributed by atoms with E-state index < -0.39 is 47.3 Å². The molecule has 29 heavy (non-hydrogen) atoms. The van der Waals surface area contributed by atoms with Gasteiger partial charge < -0.3 is 21.5 Å². The summed E-state index contributed by atoms with van der Waals surface area (Å²) in [5.41, 5.74) is 7.79. The van der Waals surface area contributed by atoms with Crippen LogP contribution in [0.25, 0.3) is 0 Å². The second kappa shape index (κ2) is 7.08. The van der Waals surface area contributed by atoms with Gasteiger partial charge in [0, 0.05) is 17.4 Å². The first-order valence-electron chi connectivity index (χ1n) is 8.27. The zero-order valence-electron chi connectivity index (χ0n) is 15.1. The van der Waals surface area contributed by atoms with Gasteiger partial charge in [-0.15, -0.1) is 0 Å². The molecule has 0 fully saturated rings. The summed E-state index contributed by atoms with van der Waals surface area (Å²) in [4.78, 5) is 30.8. The van der Waals surface area contributed by atoms with Crippen LogP contribution in [0.3, 0.4) is 0 Å². The highest BCUT2D eigenvalue weighted by Gasteiger charge is 2.56. The number of amidine groups is 1. The van der Waals surface area contributed by atoms with Gasteiger partial charge in [0.2, 0.25) is 5.91 Å². The number of halogens is 3. The number of ether oxygens (including phenoxy) is 1. The molecule has 1 unspecified atom stereocenters. The number of hydrogen-bond acceptors (Lipinski definition) is 6. The summed E-state index contributed by atoms with van der Waals surface area (Å²) in [5, 5.41) is 2.43. The number of carbonyl (C=O) groups excluding carboxylic acids is 2. The number of nitrogens with one attached hydrogen (secondary N) is 1. The molecule has 0 spiro atoms. The lowest BCUT2D eigenvalue weighted by Crippen LogP contribution is -2.51. The minimum absolute atomic E-state index is 0.0319. The summed E-state index contributed by atoms with van der Waals surface area (Å²) in [6.45, 7) is -0.0402. The molecule has 1 aliphatic heterocycles. The molecule has 152 valence electrons. The molecule has 2 aromatic rings. The lowest BCUT2D eigenvalue weighted by atomic mass is 9.85. The SMILES string of the molecule is CC1(c2cc(NC(=O)c3ccc(C(N)=O)cn3)ccc2F)N=C(N)OCC1(F)F. The maximum absolute atomic E-state index is 14.5. The smallest absolute Gasteiger partial charge is 0.310 e. The lowest BCUT2D eigenvalue weighted by Gasteiger charge is -2.37. The van der Waals surface area contributed by atoms with Crippen LogP contribution in [0.4, 0.5) is 18.9 Å². The van der Waals surface area contributed by atoms with Crippen molar-refractivity contribution in [1.29, 1.82) is 0 Å². The van der Waals surface area contributed by atoms with Crippen molar-refractivity contribution in [3.8, 4) is 0 Å². The average molecular weight is 407 g/mol. The second-order valence-corrected chi connectivity index (χ2v) is 6.46. The number of rotatable bonds is 4. The highest BCUT2D eigenvalue weighted by Crippen LogP contribution is 2.44. The molecule has 1 aliphatic rings. The molecule has 5 N–H and O–H groups in total. The predicted molar refractivity (Wildman–Crippen MR) is 97.0 cm³/mol. The molecule has 0 aliphatic carbocycles. The number of nitrogens with zero attached hydrogens (tertiary/aromatic N) is 2. The number of hydrogen-bond donors (Lipinski definition) is 3. The maximum Gasteiger partial charge on any atom is 0.310 e. The molecule has 1 aromatic carbocycles. The van der Waals surface area contributed by atoms with Crippen molar-refractivity contribution < 1.29 is 27.5 Å². The number of carbonyl (C=O) groups is 2. The Morgan fingerprint density at radius 2 is 1.97 bits per heavy atom. The summed E-state index contributed by atoms with van der Waals surface area (Å²) in [7, 11) is 0. The molecule has 0 saturated carbocycles. The third-order valence-corrected chi connectivity index (χ3v) is 4.48. The number of pyridine rings is 1. The largest absolute Gasteiger partial charge is 0.459 e. The number of aliphatic imine (C=N–C) groups is 1. The topological polar surface area (TPSA) is 133 Å². The molecule has 1 aromatic heterocycles. The quantitative estimate of drug-likeness (QED) is 0.710. The van der Waals surface area contributed by atoms with E-state index in [1.807, 2.05) is 0 Å². The minimum Gasteiger partial charge on any atom is -0.459 e. The van der Waals surface area contributed by atoms with Gasteiger partial charge >= 0.3 is 5.92 Å². The third kappa shape index (κ3) is 3.71. The van der Waals surface area contributed by atoms with Crippen molar-refractivity contribution in [2.24, 2.45) is 16.5 Å². The second-order valence-electron chi connectivity index (χ2n) is 6.46. The first-order valence-corrected chi connectivity index (χ1v) is 8.27. The van der Waals surface area contributed by atoms with Crippen LogP contribution in [-0.4, -0.2) is 35.3 Å². The van der Waals surface area contributed by atoms with Crippen molar-refractivity contribution in [1.82, 2.24) is 4.98 Å². The van der Waals surface area contributed by atoms with Crippen LogP contribution >= 0.6 is 0 Å². The van der Waals surface area contributed by atoms with Gasteiger partial charge in [-0.3, -0.25) is 14.6 Å². The Kier molecular flexibility index (Phi) is 4.91. The van der Waals surface area contributed by atoms with Gasteiger partial charge in [0.15, 0.2) is 12.1 Å². The van der Waals surface area contributed by atoms with Gasteiger partial charge in [0.05, 0.1) is 5.56 Å². The molecule has 1 atom stereocenters. The Hall–Kier alpha value is -3.63. The number of alkyl halides is 2. The fraction of sp³-hybridized carbons (Fsp3) is 0.222. The summed E-state index contributed by atoms with van der Waals surface area (Å²) in [6, 6.07) is 5.24. The van der Waals surface area contributed by atoms with Gasteiger partial charge in [-0.25, -0.2) is 9.38 Å². The van der Waals surface area contributed by atoms with Crippen LogP contribution < -0.4 is 16.8 Å². The molecule has 2 amide bonds. The number of amides is 2. The van der Waals surface area contributed by atoms with Gasteiger partial charge in [-0.1, -0.05) is 0 Å². The van der Waals surface area contributed by atoms with Crippen molar-refractivity contribution in [2.45, 2.75) is 18.4 Å². The standard InChI is InChI=1S/C18H16F3N5O3/c1-17(18(20,21)8-29-16(23)26-17)11-6-10(3-4-12(11)19)25-15(28)13-5-2-9(7-24-13)14(22)27/h2-7H,8H2,1H3,(H2,22,27)(H2,23,26)(H,25,28). The molecule has 2 heterocycles. The number of benzene rings is 1. The maximum atomic E-state index is 14.5. The average Bonchev–Trinajstić information content (AvgIpc) is 2.66. The first-order chi connectivity index (χ1) is 13.5. The lowest BCUT2D eigenvalue weighted by molar-refractivity contribution is -0.117. The number of nitrogens with two attached hydrogens (primary N) is 2. The normalized spacial score (nSPS) is 20.3. The van der Waals surface area contributed by atoms with Gasteiger partial charge in [0.1, 0.15) is 11.5 Å². The Labute approximate surface area is 162 Å². The van der Waals surface area contributed by atoms with E-state index in [1.165, 1.54) is 18.2 Å². The predicted octanol–water partition coefficient (Wildman–Crippen LogP) is 1.77. The molecule has 0 saturated heterocycles. The molecule has 11 heteroatoms. The van der Waals surface area contributed by atoms with E-state index >= 15 is 0 Å². The van der Waals surface area contributed by atoms with Gasteiger partial charge in [-0.2, -0.15) is 8.78 Å². The van der Waals surface area contributed by atoms with Crippen LogP contribution in [0.2, 0.25) is 0 Å². The Morgan fingerprint density at radius 1 is 1.24 bits per heavy atom. The van der Waals surface area contributed by atoms with E-state index in [1.54, 1.807) is 0 Å². The number of anilines is 1. The molecule has 8 nitrogen and oxygen atoms in total. The Bertz CT molecular complexity index is 1010. The fourth-order valence-corrected chi connectivity index (χ4v) is 2.74. The summed E-state index contributed by atoms with van der Waals surface area (Å²) >= 11 is 0. The first kappa shape index (κ1) is 20.1.